The van der Waals surface area contributed by atoms with Gasteiger partial charge in [-0.15, -0.1) is 24.0 Å². The molecule has 154 valence electrons. The van der Waals surface area contributed by atoms with Crippen molar-refractivity contribution in [2.24, 2.45) is 4.99 Å². The van der Waals surface area contributed by atoms with Crippen LogP contribution >= 0.6 is 24.0 Å². The van der Waals surface area contributed by atoms with Crippen LogP contribution in [0.3, 0.4) is 0 Å². The zero-order valence-electron chi connectivity index (χ0n) is 17.1. The lowest BCUT2D eigenvalue weighted by Gasteiger charge is -2.30. The SMILES string of the molecule is CCCNC(=O)CCNC(=NC)NCC(c1ccccc1)N(CC)CC.I. The van der Waals surface area contributed by atoms with Crippen LogP contribution in [0.1, 0.15) is 45.2 Å². The van der Waals surface area contributed by atoms with Crippen molar-refractivity contribution < 1.29 is 4.79 Å². The second-order valence-electron chi connectivity index (χ2n) is 6.13. The van der Waals surface area contributed by atoms with Gasteiger partial charge in [0.2, 0.25) is 5.91 Å². The summed E-state index contributed by atoms with van der Waals surface area (Å²) in [6.07, 6.45) is 1.40. The summed E-state index contributed by atoms with van der Waals surface area (Å²) in [4.78, 5) is 18.4. The molecular weight excluding hydrogens is 453 g/mol. The first kappa shape index (κ1) is 25.6. The molecule has 0 fully saturated rings. The van der Waals surface area contributed by atoms with Crippen LogP contribution in [-0.4, -0.2) is 56.5 Å². The number of hydrogen-bond acceptors (Lipinski definition) is 3. The van der Waals surface area contributed by atoms with E-state index in [2.05, 4.69) is 64.0 Å². The highest BCUT2D eigenvalue weighted by Gasteiger charge is 2.18. The Bertz CT molecular complexity index is 534. The molecule has 0 saturated heterocycles. The lowest BCUT2D eigenvalue weighted by Crippen LogP contribution is -2.44. The summed E-state index contributed by atoms with van der Waals surface area (Å²) >= 11 is 0. The van der Waals surface area contributed by atoms with E-state index in [0.717, 1.165) is 38.6 Å². The number of carbonyl (C=O) groups excluding carboxylic acids is 1. The number of hydrogen-bond donors (Lipinski definition) is 3. The first-order valence-corrected chi connectivity index (χ1v) is 9.66. The smallest absolute Gasteiger partial charge is 0.221 e. The molecule has 7 heteroatoms. The first-order valence-electron chi connectivity index (χ1n) is 9.66. The highest BCUT2D eigenvalue weighted by molar-refractivity contribution is 14.0. The summed E-state index contributed by atoms with van der Waals surface area (Å²) in [6.45, 7) is 10.4. The van der Waals surface area contributed by atoms with Gasteiger partial charge in [0.1, 0.15) is 0 Å². The maximum Gasteiger partial charge on any atom is 0.221 e. The maximum atomic E-state index is 11.7. The minimum Gasteiger partial charge on any atom is -0.356 e. The molecule has 1 atom stereocenters. The first-order chi connectivity index (χ1) is 12.7. The Morgan fingerprint density at radius 2 is 1.70 bits per heavy atom. The average molecular weight is 489 g/mol. The predicted molar refractivity (Wildman–Crippen MR) is 125 cm³/mol. The molecule has 0 bridgehead atoms. The number of nitrogens with zero attached hydrogens (tertiary/aromatic N) is 2. The lowest BCUT2D eigenvalue weighted by atomic mass is 10.1. The van der Waals surface area contributed by atoms with Crippen molar-refractivity contribution in [3.8, 4) is 0 Å². The number of guanidine groups is 1. The number of benzene rings is 1. The van der Waals surface area contributed by atoms with E-state index in [1.807, 2.05) is 13.0 Å². The maximum absolute atomic E-state index is 11.7. The second-order valence-corrected chi connectivity index (χ2v) is 6.13. The van der Waals surface area contributed by atoms with Crippen molar-refractivity contribution in [3.63, 3.8) is 0 Å². The molecule has 6 nitrogen and oxygen atoms in total. The molecule has 27 heavy (non-hydrogen) atoms. The number of carbonyl (C=O) groups is 1. The summed E-state index contributed by atoms with van der Waals surface area (Å²) in [5.74, 6) is 0.793. The third kappa shape index (κ3) is 9.95. The molecule has 1 amide bonds. The number of rotatable bonds is 11. The fourth-order valence-electron chi connectivity index (χ4n) is 2.86. The van der Waals surface area contributed by atoms with Crippen LogP contribution in [0.25, 0.3) is 0 Å². The van der Waals surface area contributed by atoms with E-state index in [-0.39, 0.29) is 35.9 Å². The molecule has 1 aromatic carbocycles. The Morgan fingerprint density at radius 3 is 2.26 bits per heavy atom. The third-order valence-corrected chi connectivity index (χ3v) is 4.34. The largest absolute Gasteiger partial charge is 0.356 e. The van der Waals surface area contributed by atoms with Gasteiger partial charge in [-0.3, -0.25) is 14.7 Å². The zero-order valence-corrected chi connectivity index (χ0v) is 19.5. The van der Waals surface area contributed by atoms with E-state index in [9.17, 15) is 4.79 Å². The normalized spacial score (nSPS) is 12.3. The molecule has 1 rings (SSSR count). The van der Waals surface area contributed by atoms with Crippen LogP contribution in [0.5, 0.6) is 0 Å². The molecule has 0 aromatic heterocycles. The van der Waals surface area contributed by atoms with Crippen molar-refractivity contribution in [2.45, 2.75) is 39.7 Å². The Hall–Kier alpha value is -1.35. The van der Waals surface area contributed by atoms with Gasteiger partial charge in [-0.1, -0.05) is 51.1 Å². The Morgan fingerprint density at radius 1 is 1.04 bits per heavy atom. The molecule has 0 radical (unpaired) electrons. The number of halogens is 1. The van der Waals surface area contributed by atoms with E-state index in [1.54, 1.807) is 7.05 Å². The minimum atomic E-state index is 0. The van der Waals surface area contributed by atoms with E-state index < -0.39 is 0 Å². The summed E-state index contributed by atoms with van der Waals surface area (Å²) in [7, 11) is 1.75. The number of aliphatic imine (C=N–C) groups is 1. The van der Waals surface area contributed by atoms with Gasteiger partial charge >= 0.3 is 0 Å². The van der Waals surface area contributed by atoms with Crippen molar-refractivity contribution in [1.82, 2.24) is 20.9 Å². The van der Waals surface area contributed by atoms with Crippen molar-refractivity contribution in [1.29, 1.82) is 0 Å². The molecule has 1 unspecified atom stereocenters. The van der Waals surface area contributed by atoms with E-state index in [4.69, 9.17) is 0 Å². The molecule has 0 saturated carbocycles. The zero-order chi connectivity index (χ0) is 19.2. The van der Waals surface area contributed by atoms with Crippen LogP contribution in [0.15, 0.2) is 35.3 Å². The molecular formula is C20H36IN5O. The van der Waals surface area contributed by atoms with Crippen LogP contribution in [0, 0.1) is 0 Å². The highest BCUT2D eigenvalue weighted by Crippen LogP contribution is 2.19. The molecule has 3 N–H and O–H groups in total. The standard InChI is InChI=1S/C20H35N5O.HI/c1-5-14-22-19(26)13-15-23-20(21-4)24-16-18(25(6-2)7-3)17-11-9-8-10-12-17;/h8-12,18H,5-7,13-16H2,1-4H3,(H,22,26)(H2,21,23,24);1H. The quantitative estimate of drug-likeness (QED) is 0.254. The summed E-state index contributed by atoms with van der Waals surface area (Å²) in [5, 5.41) is 9.50. The topological polar surface area (TPSA) is 68.8 Å². The molecule has 0 aliphatic rings. The summed E-state index contributed by atoms with van der Waals surface area (Å²) < 4.78 is 0. The van der Waals surface area contributed by atoms with Crippen LogP contribution in [-0.2, 0) is 4.79 Å². The van der Waals surface area contributed by atoms with E-state index >= 15 is 0 Å². The molecule has 0 aliphatic heterocycles. The van der Waals surface area contributed by atoms with Gasteiger partial charge < -0.3 is 16.0 Å². The molecule has 1 aromatic rings. The van der Waals surface area contributed by atoms with Gasteiger partial charge in [-0.25, -0.2) is 0 Å². The van der Waals surface area contributed by atoms with Gasteiger partial charge in [0.05, 0.1) is 6.04 Å². The minimum absolute atomic E-state index is 0. The van der Waals surface area contributed by atoms with Crippen molar-refractivity contribution >= 4 is 35.8 Å². The van der Waals surface area contributed by atoms with Crippen LogP contribution in [0.4, 0.5) is 0 Å². The average Bonchev–Trinajstić information content (AvgIpc) is 2.68. The highest BCUT2D eigenvalue weighted by atomic mass is 127. The van der Waals surface area contributed by atoms with Crippen LogP contribution < -0.4 is 16.0 Å². The number of amides is 1. The molecule has 0 heterocycles. The van der Waals surface area contributed by atoms with Gasteiger partial charge in [0.15, 0.2) is 5.96 Å². The predicted octanol–water partition coefficient (Wildman–Crippen LogP) is 2.77. The van der Waals surface area contributed by atoms with Gasteiger partial charge in [0, 0.05) is 33.1 Å². The Kier molecular flexibility index (Phi) is 14.9. The van der Waals surface area contributed by atoms with Crippen LogP contribution in [0.2, 0.25) is 0 Å². The van der Waals surface area contributed by atoms with Crippen molar-refractivity contribution in [3.05, 3.63) is 35.9 Å². The monoisotopic (exact) mass is 489 g/mol. The van der Waals surface area contributed by atoms with Gasteiger partial charge in [-0.05, 0) is 25.1 Å². The van der Waals surface area contributed by atoms with Crippen molar-refractivity contribution in [2.75, 3.05) is 39.8 Å². The van der Waals surface area contributed by atoms with E-state index in [0.29, 0.717) is 13.0 Å². The fraction of sp³-hybridized carbons (Fsp3) is 0.600. The number of nitrogens with one attached hydrogen (secondary N) is 3. The van der Waals surface area contributed by atoms with E-state index in [1.165, 1.54) is 5.56 Å². The Labute approximate surface area is 181 Å². The molecule has 0 spiro atoms. The summed E-state index contributed by atoms with van der Waals surface area (Å²) in [5.41, 5.74) is 1.29. The fourth-order valence-corrected chi connectivity index (χ4v) is 2.86. The summed E-state index contributed by atoms with van der Waals surface area (Å²) in [6, 6.07) is 10.8. The number of likely N-dealkylation sites (N-methyl/N-ethyl adjacent to an activating group) is 1. The van der Waals surface area contributed by atoms with Gasteiger partial charge in [0.25, 0.3) is 0 Å². The Balaban J connectivity index is 0.00000676. The second kappa shape index (κ2) is 15.7. The van der Waals surface area contributed by atoms with Gasteiger partial charge in [-0.2, -0.15) is 0 Å². The lowest BCUT2D eigenvalue weighted by molar-refractivity contribution is -0.120. The third-order valence-electron chi connectivity index (χ3n) is 4.34. The molecule has 0 aliphatic carbocycles.